The minimum absolute atomic E-state index is 0.101. The van der Waals surface area contributed by atoms with Crippen LogP contribution in [0.5, 0.6) is 5.75 Å². The normalized spacial score (nSPS) is 25.7. The predicted molar refractivity (Wildman–Crippen MR) is 167 cm³/mol. The van der Waals surface area contributed by atoms with E-state index in [9.17, 15) is 19.2 Å². The first-order valence-electron chi connectivity index (χ1n) is 15.3. The molecule has 3 aromatic carbocycles. The Morgan fingerprint density at radius 2 is 1.56 bits per heavy atom. The van der Waals surface area contributed by atoms with E-state index in [0.717, 1.165) is 12.0 Å². The Morgan fingerprint density at radius 3 is 2.20 bits per heavy atom. The molecule has 8 nitrogen and oxygen atoms in total. The van der Waals surface area contributed by atoms with Gasteiger partial charge in [-0.3, -0.25) is 19.3 Å². The molecular formula is C37H30N2O6. The van der Waals surface area contributed by atoms with Gasteiger partial charge < -0.3 is 9.47 Å². The lowest BCUT2D eigenvalue weighted by molar-refractivity contribution is -0.124. The number of para-hydroxylation sites is 1. The number of methoxy groups -OCH3 is 1. The zero-order chi connectivity index (χ0) is 31.0. The van der Waals surface area contributed by atoms with Gasteiger partial charge in [-0.05, 0) is 85.0 Å². The summed E-state index contributed by atoms with van der Waals surface area (Å²) < 4.78 is 10.6. The van der Waals surface area contributed by atoms with Crippen LogP contribution >= 0.6 is 0 Å². The number of ketones is 1. The molecule has 4 aromatic rings. The molecule has 6 atom stereocenters. The van der Waals surface area contributed by atoms with Crippen molar-refractivity contribution in [1.29, 1.82) is 0 Å². The largest absolute Gasteiger partial charge is 0.497 e. The molecule has 6 unspecified atom stereocenters. The first-order chi connectivity index (χ1) is 21.8. The first-order valence-corrected chi connectivity index (χ1v) is 15.3. The number of nitrogens with zero attached hydrogens (tertiary/aromatic N) is 2. The predicted octanol–water partition coefficient (Wildman–Crippen LogP) is 5.82. The Hall–Kier alpha value is -5.11. The van der Waals surface area contributed by atoms with Gasteiger partial charge in [0.1, 0.15) is 5.75 Å². The van der Waals surface area contributed by atoms with E-state index in [2.05, 4.69) is 12.2 Å². The fourth-order valence-electron chi connectivity index (χ4n) is 7.77. The second-order valence-corrected chi connectivity index (χ2v) is 12.5. The number of fused-ring (bicyclic) bond motifs is 1. The molecule has 4 aliphatic carbocycles. The van der Waals surface area contributed by atoms with Gasteiger partial charge in [-0.25, -0.2) is 9.78 Å². The summed E-state index contributed by atoms with van der Waals surface area (Å²) in [4.78, 5) is 59.5. The third kappa shape index (κ3) is 4.30. The number of aryl methyl sites for hydroxylation is 1. The molecule has 3 fully saturated rings. The summed E-state index contributed by atoms with van der Waals surface area (Å²) in [5.41, 5.74) is 4.02. The Balaban J connectivity index is 1.06. The molecule has 8 heteroatoms. The number of benzene rings is 3. The number of hydrogen-bond donors (Lipinski definition) is 0. The van der Waals surface area contributed by atoms with E-state index in [0.29, 0.717) is 56.6 Å². The van der Waals surface area contributed by atoms with Crippen molar-refractivity contribution in [3.8, 4) is 17.0 Å². The highest BCUT2D eigenvalue weighted by molar-refractivity contribution is 6.22. The van der Waals surface area contributed by atoms with E-state index in [4.69, 9.17) is 14.5 Å². The Labute approximate surface area is 259 Å². The molecule has 0 spiro atoms. The van der Waals surface area contributed by atoms with Crippen molar-refractivity contribution in [2.45, 2.75) is 13.3 Å². The Kier molecular flexibility index (Phi) is 6.24. The number of pyridine rings is 1. The summed E-state index contributed by atoms with van der Waals surface area (Å²) in [6, 6.07) is 21.0. The molecular weight excluding hydrogens is 568 g/mol. The molecule has 2 bridgehead atoms. The molecule has 2 amide bonds. The Bertz CT molecular complexity index is 1910. The first kappa shape index (κ1) is 27.4. The second-order valence-electron chi connectivity index (χ2n) is 12.5. The van der Waals surface area contributed by atoms with E-state index in [1.807, 2.05) is 31.2 Å². The van der Waals surface area contributed by atoms with E-state index in [1.165, 1.54) is 4.90 Å². The molecule has 9 rings (SSSR count). The number of carbonyl (C=O) groups excluding carboxylic acids is 4. The standard InChI is InChI=1S/C37H30N2O6/c1-19-4-3-5-26-29(37(43)45-18-31(40)21-8-12-23(44-2)13-9-21)17-30(38-34(19)26)20-6-10-22(11-7-20)39-35(41)32-24-14-15-25(28-16-27(24)28)33(32)36(39)42/h3-15,17,24-25,27-28,32-33H,16,18H2,1-2H3. The van der Waals surface area contributed by atoms with Gasteiger partial charge in [-0.1, -0.05) is 42.5 Å². The monoisotopic (exact) mass is 598 g/mol. The van der Waals surface area contributed by atoms with Gasteiger partial charge in [-0.2, -0.15) is 0 Å². The van der Waals surface area contributed by atoms with Crippen molar-refractivity contribution in [2.24, 2.45) is 35.5 Å². The van der Waals surface area contributed by atoms with Gasteiger partial charge >= 0.3 is 5.97 Å². The number of ether oxygens (including phenoxy) is 2. The summed E-state index contributed by atoms with van der Waals surface area (Å²) in [6.45, 7) is 1.50. The SMILES string of the molecule is COc1ccc(C(=O)COC(=O)c2cc(-c3ccc(N4C(=O)C5C6C=CC(C7CC67)C5C4=O)cc3)nc3c(C)cccc23)cc1. The van der Waals surface area contributed by atoms with Gasteiger partial charge in [0, 0.05) is 16.5 Å². The highest BCUT2D eigenvalue weighted by atomic mass is 16.5. The number of hydrogen-bond acceptors (Lipinski definition) is 7. The average Bonchev–Trinajstić information content (AvgIpc) is 3.85. The fourth-order valence-corrected chi connectivity index (χ4v) is 7.77. The number of esters is 1. The maximum Gasteiger partial charge on any atom is 0.339 e. The van der Waals surface area contributed by atoms with Crippen LogP contribution in [0.3, 0.4) is 0 Å². The number of carbonyl (C=O) groups is 4. The van der Waals surface area contributed by atoms with Crippen LogP contribution in [-0.4, -0.2) is 42.3 Å². The van der Waals surface area contributed by atoms with Crippen LogP contribution in [0, 0.1) is 42.4 Å². The molecule has 1 aromatic heterocycles. The van der Waals surface area contributed by atoms with E-state index in [-0.39, 0.29) is 41.3 Å². The Morgan fingerprint density at radius 1 is 0.889 bits per heavy atom. The van der Waals surface area contributed by atoms with Gasteiger partial charge in [0.2, 0.25) is 11.8 Å². The van der Waals surface area contributed by atoms with Crippen molar-refractivity contribution in [2.75, 3.05) is 18.6 Å². The number of amides is 2. The number of Topliss-reactive ketones (excluding diaryl/α,β-unsaturated/α-hetero) is 1. The highest BCUT2D eigenvalue weighted by Gasteiger charge is 2.67. The zero-order valence-corrected chi connectivity index (χ0v) is 24.8. The maximum atomic E-state index is 13.6. The molecule has 224 valence electrons. The van der Waals surface area contributed by atoms with E-state index < -0.39 is 12.6 Å². The van der Waals surface area contributed by atoms with Gasteiger partial charge in [-0.15, -0.1) is 0 Å². The lowest BCUT2D eigenvalue weighted by Crippen LogP contribution is -2.40. The van der Waals surface area contributed by atoms with Crippen LogP contribution in [-0.2, 0) is 14.3 Å². The molecule has 2 saturated carbocycles. The number of rotatable bonds is 7. The molecule has 5 aliphatic rings. The maximum absolute atomic E-state index is 13.6. The van der Waals surface area contributed by atoms with Crippen molar-refractivity contribution in [3.63, 3.8) is 0 Å². The number of aromatic nitrogens is 1. The summed E-state index contributed by atoms with van der Waals surface area (Å²) >= 11 is 0. The van der Waals surface area contributed by atoms with E-state index in [1.54, 1.807) is 55.6 Å². The fraction of sp³-hybridized carbons (Fsp3) is 0.270. The molecule has 1 saturated heterocycles. The lowest BCUT2D eigenvalue weighted by atomic mass is 9.63. The molecule has 2 heterocycles. The smallest absolute Gasteiger partial charge is 0.339 e. The van der Waals surface area contributed by atoms with Crippen molar-refractivity contribution in [3.05, 3.63) is 102 Å². The van der Waals surface area contributed by atoms with Gasteiger partial charge in [0.25, 0.3) is 0 Å². The molecule has 1 aliphatic heterocycles. The third-order valence-corrected chi connectivity index (χ3v) is 10.1. The van der Waals surface area contributed by atoms with Crippen LogP contribution in [0.4, 0.5) is 5.69 Å². The number of anilines is 1. The summed E-state index contributed by atoms with van der Waals surface area (Å²) in [5, 5.41) is 0.620. The third-order valence-electron chi connectivity index (χ3n) is 10.1. The summed E-state index contributed by atoms with van der Waals surface area (Å²) in [7, 11) is 1.55. The quantitative estimate of drug-likeness (QED) is 0.114. The summed E-state index contributed by atoms with van der Waals surface area (Å²) in [6.07, 6.45) is 5.46. The van der Waals surface area contributed by atoms with Crippen LogP contribution in [0.15, 0.2) is 84.9 Å². The minimum Gasteiger partial charge on any atom is -0.497 e. The lowest BCUT2D eigenvalue weighted by Gasteiger charge is -2.37. The zero-order valence-electron chi connectivity index (χ0n) is 24.8. The van der Waals surface area contributed by atoms with Gasteiger partial charge in [0.15, 0.2) is 12.4 Å². The van der Waals surface area contributed by atoms with Crippen molar-refractivity contribution in [1.82, 2.24) is 4.98 Å². The molecule has 45 heavy (non-hydrogen) atoms. The number of allylic oxidation sites excluding steroid dienone is 2. The van der Waals surface area contributed by atoms with Crippen LogP contribution in [0.1, 0.15) is 32.7 Å². The van der Waals surface area contributed by atoms with Crippen LogP contribution in [0.2, 0.25) is 0 Å². The molecule has 0 radical (unpaired) electrons. The van der Waals surface area contributed by atoms with Crippen LogP contribution in [0.25, 0.3) is 22.2 Å². The topological polar surface area (TPSA) is 103 Å². The van der Waals surface area contributed by atoms with E-state index >= 15 is 0 Å². The van der Waals surface area contributed by atoms with Crippen molar-refractivity contribution < 1.29 is 28.7 Å². The average molecular weight is 599 g/mol. The highest BCUT2D eigenvalue weighted by Crippen LogP contribution is 2.65. The second kappa shape index (κ2) is 10.2. The van der Waals surface area contributed by atoms with Crippen molar-refractivity contribution >= 4 is 40.2 Å². The minimum atomic E-state index is -0.634. The number of imide groups is 1. The van der Waals surface area contributed by atoms with Crippen LogP contribution < -0.4 is 9.64 Å². The molecule has 0 N–H and O–H groups in total. The summed E-state index contributed by atoms with van der Waals surface area (Å²) in [5.74, 6) is 0.367. The van der Waals surface area contributed by atoms with Gasteiger partial charge in [0.05, 0.1) is 41.4 Å².